The van der Waals surface area contributed by atoms with Crippen molar-refractivity contribution in [2.75, 3.05) is 6.61 Å². The summed E-state index contributed by atoms with van der Waals surface area (Å²) in [6, 6.07) is 10.5. The van der Waals surface area contributed by atoms with E-state index in [1.165, 1.54) is 23.8 Å². The highest BCUT2D eigenvalue weighted by Crippen LogP contribution is 2.27. The van der Waals surface area contributed by atoms with Crippen molar-refractivity contribution >= 4 is 10.9 Å². The van der Waals surface area contributed by atoms with Crippen molar-refractivity contribution in [2.24, 2.45) is 5.73 Å². The SMILES string of the molecule is Cc1cc(C(N)CCCC2CCCO2)c2ccccc2n1. The molecule has 2 heterocycles. The largest absolute Gasteiger partial charge is 0.378 e. The highest BCUT2D eigenvalue weighted by Gasteiger charge is 2.16. The van der Waals surface area contributed by atoms with Crippen LogP contribution in [0.2, 0.25) is 0 Å². The topological polar surface area (TPSA) is 48.1 Å². The second-order valence-electron chi connectivity index (χ2n) is 6.04. The van der Waals surface area contributed by atoms with Gasteiger partial charge >= 0.3 is 0 Å². The van der Waals surface area contributed by atoms with Crippen molar-refractivity contribution in [1.29, 1.82) is 0 Å². The van der Waals surface area contributed by atoms with E-state index in [0.717, 1.165) is 37.1 Å². The first kappa shape index (κ1) is 14.5. The summed E-state index contributed by atoms with van der Waals surface area (Å²) in [6.45, 7) is 2.97. The van der Waals surface area contributed by atoms with Crippen LogP contribution in [0.5, 0.6) is 0 Å². The molecule has 1 fully saturated rings. The van der Waals surface area contributed by atoms with Crippen molar-refractivity contribution in [3.8, 4) is 0 Å². The Morgan fingerprint density at radius 2 is 2.24 bits per heavy atom. The van der Waals surface area contributed by atoms with Crippen LogP contribution in [0.4, 0.5) is 0 Å². The van der Waals surface area contributed by atoms with Crippen LogP contribution in [0.25, 0.3) is 10.9 Å². The maximum atomic E-state index is 6.45. The van der Waals surface area contributed by atoms with Gasteiger partial charge in [-0.05, 0) is 56.7 Å². The predicted molar refractivity (Wildman–Crippen MR) is 86.2 cm³/mol. The van der Waals surface area contributed by atoms with E-state index in [4.69, 9.17) is 10.5 Å². The molecule has 0 aliphatic carbocycles. The lowest BCUT2D eigenvalue weighted by molar-refractivity contribution is 0.101. The molecule has 1 saturated heterocycles. The number of aromatic nitrogens is 1. The minimum absolute atomic E-state index is 0.0815. The summed E-state index contributed by atoms with van der Waals surface area (Å²) in [5.74, 6) is 0. The molecule has 112 valence electrons. The van der Waals surface area contributed by atoms with Gasteiger partial charge in [-0.15, -0.1) is 0 Å². The molecule has 0 radical (unpaired) electrons. The highest BCUT2D eigenvalue weighted by molar-refractivity contribution is 5.82. The zero-order chi connectivity index (χ0) is 14.7. The average molecular weight is 284 g/mol. The van der Waals surface area contributed by atoms with Crippen molar-refractivity contribution in [2.45, 2.75) is 51.2 Å². The summed E-state index contributed by atoms with van der Waals surface area (Å²) in [5, 5.41) is 1.19. The Morgan fingerprint density at radius 1 is 1.38 bits per heavy atom. The number of pyridine rings is 1. The molecule has 3 nitrogen and oxygen atoms in total. The van der Waals surface area contributed by atoms with Crippen LogP contribution in [-0.4, -0.2) is 17.7 Å². The Hall–Kier alpha value is -1.45. The third-order valence-corrected chi connectivity index (χ3v) is 4.34. The van der Waals surface area contributed by atoms with Gasteiger partial charge in [-0.1, -0.05) is 18.2 Å². The molecule has 1 aromatic heterocycles. The fourth-order valence-corrected chi connectivity index (χ4v) is 3.24. The number of nitrogens with two attached hydrogens (primary N) is 1. The molecule has 1 aromatic carbocycles. The first-order valence-electron chi connectivity index (χ1n) is 7.97. The van der Waals surface area contributed by atoms with Crippen LogP contribution >= 0.6 is 0 Å². The van der Waals surface area contributed by atoms with Gasteiger partial charge in [0.1, 0.15) is 0 Å². The van der Waals surface area contributed by atoms with Gasteiger partial charge in [0.05, 0.1) is 11.6 Å². The summed E-state index contributed by atoms with van der Waals surface area (Å²) in [5.41, 5.74) is 9.76. The summed E-state index contributed by atoms with van der Waals surface area (Å²) < 4.78 is 5.68. The number of para-hydroxylation sites is 1. The first-order valence-corrected chi connectivity index (χ1v) is 7.97. The van der Waals surface area contributed by atoms with Gasteiger partial charge in [0.15, 0.2) is 0 Å². The number of hydrogen-bond donors (Lipinski definition) is 1. The molecule has 2 aromatic rings. The van der Waals surface area contributed by atoms with Crippen LogP contribution < -0.4 is 5.73 Å². The lowest BCUT2D eigenvalue weighted by atomic mass is 9.96. The maximum absolute atomic E-state index is 6.45. The van der Waals surface area contributed by atoms with E-state index in [0.29, 0.717) is 6.10 Å². The van der Waals surface area contributed by atoms with Gasteiger partial charge in [0.25, 0.3) is 0 Å². The minimum Gasteiger partial charge on any atom is -0.378 e. The van der Waals surface area contributed by atoms with E-state index in [9.17, 15) is 0 Å². The van der Waals surface area contributed by atoms with Crippen LogP contribution in [-0.2, 0) is 4.74 Å². The molecule has 2 unspecified atom stereocenters. The fourth-order valence-electron chi connectivity index (χ4n) is 3.24. The van der Waals surface area contributed by atoms with Gasteiger partial charge in [0.2, 0.25) is 0 Å². The quantitative estimate of drug-likeness (QED) is 0.906. The summed E-state index contributed by atoms with van der Waals surface area (Å²) in [4.78, 5) is 4.59. The number of rotatable bonds is 5. The lowest BCUT2D eigenvalue weighted by Gasteiger charge is -2.16. The van der Waals surface area contributed by atoms with E-state index >= 15 is 0 Å². The van der Waals surface area contributed by atoms with Crippen LogP contribution in [0, 0.1) is 6.92 Å². The molecular weight excluding hydrogens is 260 g/mol. The van der Waals surface area contributed by atoms with E-state index < -0.39 is 0 Å². The number of aryl methyl sites for hydroxylation is 1. The standard InChI is InChI=1S/C18H24N2O/c1-13-12-16(15-8-2-3-10-18(15)20-13)17(19)9-4-6-14-7-5-11-21-14/h2-3,8,10,12,14,17H,4-7,9,11,19H2,1H3. The predicted octanol–water partition coefficient (Wildman–Crippen LogP) is 3.89. The van der Waals surface area contributed by atoms with E-state index in [1.807, 2.05) is 13.0 Å². The molecule has 0 amide bonds. The Bertz CT molecular complexity index is 605. The summed E-state index contributed by atoms with van der Waals surface area (Å²) >= 11 is 0. The number of fused-ring (bicyclic) bond motifs is 1. The normalized spacial score (nSPS) is 20.0. The molecule has 2 N–H and O–H groups in total. The third kappa shape index (κ3) is 3.42. The smallest absolute Gasteiger partial charge is 0.0708 e. The number of ether oxygens (including phenoxy) is 1. The van der Waals surface area contributed by atoms with Crippen LogP contribution in [0.3, 0.4) is 0 Å². The molecule has 1 aliphatic heterocycles. The molecule has 3 heteroatoms. The van der Waals surface area contributed by atoms with Crippen molar-refractivity contribution in [3.05, 3.63) is 41.6 Å². The Morgan fingerprint density at radius 3 is 3.05 bits per heavy atom. The molecule has 0 spiro atoms. The van der Waals surface area contributed by atoms with Gasteiger partial charge < -0.3 is 10.5 Å². The Kier molecular flexibility index (Phi) is 4.51. The Labute approximate surface area is 126 Å². The summed E-state index contributed by atoms with van der Waals surface area (Å²) in [6.07, 6.45) is 6.16. The molecule has 0 bridgehead atoms. The molecule has 2 atom stereocenters. The number of hydrogen-bond acceptors (Lipinski definition) is 3. The van der Waals surface area contributed by atoms with E-state index in [2.05, 4.69) is 29.2 Å². The fraction of sp³-hybridized carbons (Fsp3) is 0.500. The lowest BCUT2D eigenvalue weighted by Crippen LogP contribution is -2.13. The highest BCUT2D eigenvalue weighted by atomic mass is 16.5. The average Bonchev–Trinajstić information content (AvgIpc) is 2.99. The van der Waals surface area contributed by atoms with Gasteiger partial charge in [-0.25, -0.2) is 0 Å². The third-order valence-electron chi connectivity index (χ3n) is 4.34. The van der Waals surface area contributed by atoms with Gasteiger partial charge in [0, 0.05) is 23.7 Å². The van der Waals surface area contributed by atoms with Crippen molar-refractivity contribution in [1.82, 2.24) is 4.98 Å². The first-order chi connectivity index (χ1) is 10.2. The van der Waals surface area contributed by atoms with Gasteiger partial charge in [-0.2, -0.15) is 0 Å². The number of nitrogens with zero attached hydrogens (tertiary/aromatic N) is 1. The number of benzene rings is 1. The zero-order valence-electron chi connectivity index (χ0n) is 12.7. The Balaban J connectivity index is 1.70. The molecule has 21 heavy (non-hydrogen) atoms. The molecule has 1 aliphatic rings. The minimum atomic E-state index is 0.0815. The van der Waals surface area contributed by atoms with Crippen molar-refractivity contribution in [3.63, 3.8) is 0 Å². The van der Waals surface area contributed by atoms with E-state index in [-0.39, 0.29) is 6.04 Å². The van der Waals surface area contributed by atoms with E-state index in [1.54, 1.807) is 0 Å². The molecular formula is C18H24N2O. The summed E-state index contributed by atoms with van der Waals surface area (Å²) in [7, 11) is 0. The second-order valence-corrected chi connectivity index (χ2v) is 6.04. The maximum Gasteiger partial charge on any atom is 0.0708 e. The van der Waals surface area contributed by atoms with Gasteiger partial charge in [-0.3, -0.25) is 4.98 Å². The monoisotopic (exact) mass is 284 g/mol. The molecule has 3 rings (SSSR count). The van der Waals surface area contributed by atoms with Crippen LogP contribution in [0.1, 0.15) is 49.4 Å². The van der Waals surface area contributed by atoms with Crippen LogP contribution in [0.15, 0.2) is 30.3 Å². The second kappa shape index (κ2) is 6.54. The zero-order valence-corrected chi connectivity index (χ0v) is 12.7. The molecule has 0 saturated carbocycles. The van der Waals surface area contributed by atoms with Crippen molar-refractivity contribution < 1.29 is 4.74 Å².